The van der Waals surface area contributed by atoms with Crippen LogP contribution in [0.2, 0.25) is 0 Å². The minimum atomic E-state index is -0.824. The SMILES string of the molecule is CC/C=C\C/C=C\C/C=C\CCCCCCCC(=O)OC(CCCCCCCC)CCC(=O)O. The topological polar surface area (TPSA) is 63.6 Å². The number of carbonyl (C=O) groups is 2. The molecule has 4 heteroatoms. The Morgan fingerprint density at radius 1 is 0.676 bits per heavy atom. The summed E-state index contributed by atoms with van der Waals surface area (Å²) in [5.74, 6) is -0.988. The van der Waals surface area contributed by atoms with Crippen molar-refractivity contribution >= 4 is 11.9 Å². The van der Waals surface area contributed by atoms with Crippen molar-refractivity contribution in [3.63, 3.8) is 0 Å². The highest BCUT2D eigenvalue weighted by Gasteiger charge is 2.15. The molecule has 0 bridgehead atoms. The minimum Gasteiger partial charge on any atom is -0.481 e. The number of aliphatic carboxylic acids is 1. The van der Waals surface area contributed by atoms with Crippen LogP contribution in [0.25, 0.3) is 0 Å². The van der Waals surface area contributed by atoms with Crippen molar-refractivity contribution < 1.29 is 19.4 Å². The summed E-state index contributed by atoms with van der Waals surface area (Å²) >= 11 is 0. The fraction of sp³-hybridized carbons (Fsp3) is 0.733. The van der Waals surface area contributed by atoms with Crippen LogP contribution in [0.3, 0.4) is 0 Å². The normalized spacial score (nSPS) is 12.8. The molecule has 4 nitrogen and oxygen atoms in total. The lowest BCUT2D eigenvalue weighted by Gasteiger charge is -2.17. The maximum absolute atomic E-state index is 12.2. The first-order valence-electron chi connectivity index (χ1n) is 14.0. The first kappa shape index (κ1) is 32.2. The number of carbonyl (C=O) groups excluding carboxylic acids is 1. The lowest BCUT2D eigenvalue weighted by molar-refractivity contribution is -0.151. The van der Waals surface area contributed by atoms with E-state index in [1.54, 1.807) is 0 Å². The molecule has 0 saturated carbocycles. The molecule has 1 atom stereocenters. The van der Waals surface area contributed by atoms with Gasteiger partial charge in [0.15, 0.2) is 0 Å². The predicted molar refractivity (Wildman–Crippen MR) is 144 cm³/mol. The highest BCUT2D eigenvalue weighted by molar-refractivity contribution is 5.69. The number of hydrogen-bond acceptors (Lipinski definition) is 3. The molecule has 0 aliphatic carbocycles. The van der Waals surface area contributed by atoms with Crippen molar-refractivity contribution in [1.82, 2.24) is 0 Å². The quantitative estimate of drug-likeness (QED) is 0.0857. The summed E-state index contributed by atoms with van der Waals surface area (Å²) < 4.78 is 5.63. The third kappa shape index (κ3) is 24.8. The Morgan fingerprint density at radius 3 is 1.94 bits per heavy atom. The largest absolute Gasteiger partial charge is 0.481 e. The average Bonchev–Trinajstić information content (AvgIpc) is 2.82. The number of ether oxygens (including phenoxy) is 1. The molecule has 0 radical (unpaired) electrons. The van der Waals surface area contributed by atoms with Gasteiger partial charge < -0.3 is 9.84 Å². The molecule has 0 aromatic heterocycles. The fourth-order valence-electron chi connectivity index (χ4n) is 3.83. The first-order valence-corrected chi connectivity index (χ1v) is 14.0. The molecule has 0 saturated heterocycles. The van der Waals surface area contributed by atoms with Crippen LogP contribution < -0.4 is 0 Å². The molecular formula is C30H52O4. The third-order valence-electron chi connectivity index (χ3n) is 5.89. The number of carboxylic acid groups (broad SMARTS) is 1. The summed E-state index contributed by atoms with van der Waals surface area (Å²) in [7, 11) is 0. The Bertz CT molecular complexity index is 562. The second-order valence-corrected chi connectivity index (χ2v) is 9.20. The van der Waals surface area contributed by atoms with Crippen LogP contribution in [0.15, 0.2) is 36.5 Å². The lowest BCUT2D eigenvalue weighted by atomic mass is 10.0. The van der Waals surface area contributed by atoms with Crippen LogP contribution in [0, 0.1) is 0 Å². The molecule has 1 unspecified atom stereocenters. The van der Waals surface area contributed by atoms with E-state index in [9.17, 15) is 9.59 Å². The standard InChI is InChI=1S/C30H52O4/c1-3-5-7-9-11-12-13-14-15-16-17-18-19-21-23-25-30(33)34-28(26-27-29(31)32)24-22-20-10-8-6-4-2/h5,7,11-12,14-15,28H,3-4,6,8-10,13,16-27H2,1-2H3,(H,31,32)/b7-5-,12-11-,15-14-. The van der Waals surface area contributed by atoms with Gasteiger partial charge in [-0.1, -0.05) is 102 Å². The smallest absolute Gasteiger partial charge is 0.306 e. The number of carboxylic acids is 1. The molecule has 34 heavy (non-hydrogen) atoms. The minimum absolute atomic E-state index is 0.0643. The Kier molecular flexibility index (Phi) is 24.4. The number of esters is 1. The Hall–Kier alpha value is -1.84. The van der Waals surface area contributed by atoms with E-state index < -0.39 is 5.97 Å². The zero-order chi connectivity index (χ0) is 25.1. The van der Waals surface area contributed by atoms with E-state index in [4.69, 9.17) is 9.84 Å². The summed E-state index contributed by atoms with van der Waals surface area (Å²) in [6.45, 7) is 4.35. The zero-order valence-corrected chi connectivity index (χ0v) is 22.1. The Labute approximate surface area is 209 Å². The van der Waals surface area contributed by atoms with Gasteiger partial charge in [-0.3, -0.25) is 9.59 Å². The van der Waals surface area contributed by atoms with Crippen LogP contribution in [0.4, 0.5) is 0 Å². The van der Waals surface area contributed by atoms with Gasteiger partial charge in [0.05, 0.1) is 0 Å². The van der Waals surface area contributed by atoms with Crippen molar-refractivity contribution in [2.24, 2.45) is 0 Å². The van der Waals surface area contributed by atoms with E-state index in [0.717, 1.165) is 64.2 Å². The van der Waals surface area contributed by atoms with Crippen molar-refractivity contribution in [2.75, 3.05) is 0 Å². The molecule has 1 N–H and O–H groups in total. The van der Waals surface area contributed by atoms with Crippen LogP contribution in [0.5, 0.6) is 0 Å². The van der Waals surface area contributed by atoms with E-state index in [2.05, 4.69) is 50.3 Å². The van der Waals surface area contributed by atoms with Gasteiger partial charge in [0.1, 0.15) is 6.10 Å². The molecule has 0 aliphatic rings. The maximum atomic E-state index is 12.2. The van der Waals surface area contributed by atoms with Crippen LogP contribution in [0.1, 0.15) is 136 Å². The van der Waals surface area contributed by atoms with Gasteiger partial charge in [-0.15, -0.1) is 0 Å². The van der Waals surface area contributed by atoms with Crippen LogP contribution in [-0.2, 0) is 14.3 Å². The van der Waals surface area contributed by atoms with Gasteiger partial charge in [-0.25, -0.2) is 0 Å². The molecule has 196 valence electrons. The van der Waals surface area contributed by atoms with Gasteiger partial charge in [-0.2, -0.15) is 0 Å². The molecule has 0 aromatic carbocycles. The molecule has 0 spiro atoms. The molecule has 0 aromatic rings. The molecule has 0 fully saturated rings. The van der Waals surface area contributed by atoms with E-state index in [1.807, 2.05) is 0 Å². The fourth-order valence-corrected chi connectivity index (χ4v) is 3.83. The van der Waals surface area contributed by atoms with Gasteiger partial charge in [-0.05, 0) is 57.8 Å². The summed E-state index contributed by atoms with van der Waals surface area (Å²) in [6.07, 6.45) is 31.6. The Balaban J connectivity index is 3.81. The van der Waals surface area contributed by atoms with E-state index >= 15 is 0 Å². The van der Waals surface area contributed by atoms with Crippen molar-refractivity contribution in [1.29, 1.82) is 0 Å². The molecule has 0 heterocycles. The van der Waals surface area contributed by atoms with Gasteiger partial charge in [0.25, 0.3) is 0 Å². The Morgan fingerprint density at radius 2 is 1.26 bits per heavy atom. The summed E-state index contributed by atoms with van der Waals surface area (Å²) in [6, 6.07) is 0. The number of unbranched alkanes of at least 4 members (excludes halogenated alkanes) is 10. The monoisotopic (exact) mass is 476 g/mol. The third-order valence-corrected chi connectivity index (χ3v) is 5.89. The van der Waals surface area contributed by atoms with Crippen LogP contribution in [-0.4, -0.2) is 23.1 Å². The second-order valence-electron chi connectivity index (χ2n) is 9.20. The van der Waals surface area contributed by atoms with Crippen molar-refractivity contribution in [3.05, 3.63) is 36.5 Å². The maximum Gasteiger partial charge on any atom is 0.306 e. The van der Waals surface area contributed by atoms with Crippen molar-refractivity contribution in [3.8, 4) is 0 Å². The average molecular weight is 477 g/mol. The highest BCUT2D eigenvalue weighted by atomic mass is 16.5. The van der Waals surface area contributed by atoms with Crippen molar-refractivity contribution in [2.45, 2.75) is 142 Å². The number of allylic oxidation sites excluding steroid dienone is 6. The summed E-state index contributed by atoms with van der Waals surface area (Å²) in [5.41, 5.74) is 0. The van der Waals surface area contributed by atoms with Gasteiger partial charge in [0.2, 0.25) is 0 Å². The number of rotatable bonds is 24. The van der Waals surface area contributed by atoms with E-state index in [0.29, 0.717) is 12.8 Å². The zero-order valence-electron chi connectivity index (χ0n) is 22.1. The molecule has 0 aliphatic heterocycles. The first-order chi connectivity index (χ1) is 16.6. The number of hydrogen-bond donors (Lipinski definition) is 1. The predicted octanol–water partition coefficient (Wildman–Crippen LogP) is 9.10. The summed E-state index contributed by atoms with van der Waals surface area (Å²) in [4.78, 5) is 23.1. The highest BCUT2D eigenvalue weighted by Crippen LogP contribution is 2.16. The lowest BCUT2D eigenvalue weighted by Crippen LogP contribution is -2.19. The van der Waals surface area contributed by atoms with Gasteiger partial charge in [0, 0.05) is 12.8 Å². The van der Waals surface area contributed by atoms with E-state index in [-0.39, 0.29) is 18.5 Å². The van der Waals surface area contributed by atoms with Crippen LogP contribution >= 0.6 is 0 Å². The summed E-state index contributed by atoms with van der Waals surface area (Å²) in [5, 5.41) is 8.97. The van der Waals surface area contributed by atoms with Gasteiger partial charge >= 0.3 is 11.9 Å². The molecule has 0 rings (SSSR count). The second kappa shape index (κ2) is 25.8. The van der Waals surface area contributed by atoms with E-state index in [1.165, 1.54) is 38.5 Å². The molecular weight excluding hydrogens is 424 g/mol. The molecule has 0 amide bonds.